The number of carbonyl (C=O) groups excluding carboxylic acids is 1. The van der Waals surface area contributed by atoms with Crippen LogP contribution >= 0.6 is 0 Å². The monoisotopic (exact) mass is 364 g/mol. The Morgan fingerprint density at radius 1 is 1.23 bits per heavy atom. The van der Waals surface area contributed by atoms with Gasteiger partial charge in [0.15, 0.2) is 0 Å². The Balaban J connectivity index is 2.20. The molecule has 0 bridgehead atoms. The molecule has 0 radical (unpaired) electrons. The molecule has 1 aliphatic heterocycles. The van der Waals surface area contributed by atoms with E-state index in [0.29, 0.717) is 32.9 Å². The van der Waals surface area contributed by atoms with Crippen LogP contribution in [-0.2, 0) is 20.9 Å². The van der Waals surface area contributed by atoms with E-state index in [2.05, 4.69) is 5.32 Å². The van der Waals surface area contributed by atoms with E-state index in [0.717, 1.165) is 5.56 Å². The molecule has 1 fully saturated rings. The fraction of sp³-hybridized carbons (Fsp3) is 0.579. The minimum Gasteiger partial charge on any atom is -0.465 e. The number of benzene rings is 1. The highest BCUT2D eigenvalue weighted by atomic mass is 16.5. The molecule has 0 aliphatic carbocycles. The molecule has 2 rings (SSSR count). The number of hydrogen-bond donors (Lipinski definition) is 2. The van der Waals surface area contributed by atoms with E-state index in [-0.39, 0.29) is 5.91 Å². The maximum absolute atomic E-state index is 13.0. The van der Waals surface area contributed by atoms with Crippen molar-refractivity contribution < 1.29 is 24.2 Å². The van der Waals surface area contributed by atoms with Crippen LogP contribution in [0.5, 0.6) is 0 Å². The summed E-state index contributed by atoms with van der Waals surface area (Å²) < 4.78 is 11.3. The number of carbonyl (C=O) groups is 2. The molecule has 2 atom stereocenters. The molecule has 2 unspecified atom stereocenters. The van der Waals surface area contributed by atoms with Crippen LogP contribution < -0.4 is 5.32 Å². The summed E-state index contributed by atoms with van der Waals surface area (Å²) in [6.07, 6.45) is -1.86. The second kappa shape index (κ2) is 9.00. The van der Waals surface area contributed by atoms with E-state index in [1.54, 1.807) is 4.90 Å². The highest BCUT2D eigenvalue weighted by molar-refractivity contribution is 5.86. The predicted molar refractivity (Wildman–Crippen MR) is 96.8 cm³/mol. The van der Waals surface area contributed by atoms with Gasteiger partial charge in [0.25, 0.3) is 0 Å². The van der Waals surface area contributed by atoms with Crippen molar-refractivity contribution in [3.8, 4) is 0 Å². The Kier molecular flexibility index (Phi) is 6.99. The molecule has 144 valence electrons. The number of nitrogens with zero attached hydrogens (tertiary/aromatic N) is 1. The van der Waals surface area contributed by atoms with Crippen molar-refractivity contribution in [1.82, 2.24) is 10.2 Å². The molecular formula is C19H28N2O5. The van der Waals surface area contributed by atoms with Gasteiger partial charge in [-0.25, -0.2) is 4.79 Å². The lowest BCUT2D eigenvalue weighted by molar-refractivity contribution is -0.146. The maximum Gasteiger partial charge on any atom is 0.405 e. The van der Waals surface area contributed by atoms with E-state index in [1.165, 1.54) is 0 Å². The Hall–Kier alpha value is -2.12. The van der Waals surface area contributed by atoms with Crippen molar-refractivity contribution in [3.05, 3.63) is 35.9 Å². The largest absolute Gasteiger partial charge is 0.465 e. The molecule has 2 amide bonds. The summed E-state index contributed by atoms with van der Waals surface area (Å²) in [7, 11) is 0. The molecule has 26 heavy (non-hydrogen) atoms. The van der Waals surface area contributed by atoms with Crippen LogP contribution in [0.3, 0.4) is 0 Å². The second-order valence-corrected chi connectivity index (χ2v) is 7.45. The van der Waals surface area contributed by atoms with Gasteiger partial charge in [0, 0.05) is 13.1 Å². The van der Waals surface area contributed by atoms with Crippen molar-refractivity contribution in [2.24, 2.45) is 5.41 Å². The van der Waals surface area contributed by atoms with Crippen molar-refractivity contribution in [1.29, 1.82) is 0 Å². The highest BCUT2D eigenvalue weighted by Crippen LogP contribution is 2.27. The quantitative estimate of drug-likeness (QED) is 0.807. The van der Waals surface area contributed by atoms with Crippen LogP contribution in [-0.4, -0.2) is 60.5 Å². The van der Waals surface area contributed by atoms with Crippen LogP contribution in [0.25, 0.3) is 0 Å². The van der Waals surface area contributed by atoms with E-state index < -0.39 is 23.7 Å². The third-order valence-corrected chi connectivity index (χ3v) is 4.30. The molecule has 1 saturated heterocycles. The Morgan fingerprint density at radius 2 is 1.85 bits per heavy atom. The number of amides is 2. The zero-order valence-corrected chi connectivity index (χ0v) is 15.6. The standard InChI is InChI=1S/C19H28N2O5/c1-19(2,3)16(26-13-14-7-5-4-6-8-14)15(20-18(23)24)17(22)21-9-11-25-12-10-21/h4-8,15-16,20H,9-13H2,1-3H3,(H,23,24). The average molecular weight is 364 g/mol. The summed E-state index contributed by atoms with van der Waals surface area (Å²) in [5, 5.41) is 11.6. The van der Waals surface area contributed by atoms with Gasteiger partial charge in [0.1, 0.15) is 6.04 Å². The average Bonchev–Trinajstić information content (AvgIpc) is 2.60. The fourth-order valence-corrected chi connectivity index (χ4v) is 2.99. The van der Waals surface area contributed by atoms with E-state index in [9.17, 15) is 14.7 Å². The number of nitrogens with one attached hydrogen (secondary N) is 1. The third kappa shape index (κ3) is 5.71. The van der Waals surface area contributed by atoms with Crippen molar-refractivity contribution in [2.75, 3.05) is 26.3 Å². The zero-order chi connectivity index (χ0) is 19.2. The number of morpholine rings is 1. The first kappa shape index (κ1) is 20.2. The molecule has 0 saturated carbocycles. The maximum atomic E-state index is 13.0. The first-order valence-corrected chi connectivity index (χ1v) is 8.80. The summed E-state index contributed by atoms with van der Waals surface area (Å²) in [6, 6.07) is 8.63. The van der Waals surface area contributed by atoms with Gasteiger partial charge in [-0.3, -0.25) is 4.79 Å². The first-order chi connectivity index (χ1) is 12.3. The normalized spacial score (nSPS) is 17.4. The van der Waals surface area contributed by atoms with Crippen LogP contribution in [0.2, 0.25) is 0 Å². The Bertz CT molecular complexity index is 594. The van der Waals surface area contributed by atoms with E-state index in [4.69, 9.17) is 9.47 Å². The lowest BCUT2D eigenvalue weighted by Gasteiger charge is -2.39. The summed E-state index contributed by atoms with van der Waals surface area (Å²) in [4.78, 5) is 26.0. The number of rotatable bonds is 6. The van der Waals surface area contributed by atoms with Crippen molar-refractivity contribution in [3.63, 3.8) is 0 Å². The van der Waals surface area contributed by atoms with Crippen molar-refractivity contribution in [2.45, 2.75) is 39.5 Å². The van der Waals surface area contributed by atoms with Crippen LogP contribution in [0.1, 0.15) is 26.3 Å². The van der Waals surface area contributed by atoms with Crippen LogP contribution in [0, 0.1) is 5.41 Å². The smallest absolute Gasteiger partial charge is 0.405 e. The molecule has 1 heterocycles. The highest BCUT2D eigenvalue weighted by Gasteiger charge is 2.41. The summed E-state index contributed by atoms with van der Waals surface area (Å²) in [5.41, 5.74) is 0.527. The van der Waals surface area contributed by atoms with Crippen molar-refractivity contribution >= 4 is 12.0 Å². The lowest BCUT2D eigenvalue weighted by atomic mass is 9.83. The first-order valence-electron chi connectivity index (χ1n) is 8.80. The van der Waals surface area contributed by atoms with Gasteiger partial charge in [-0.15, -0.1) is 0 Å². The molecular weight excluding hydrogens is 336 g/mol. The minimum atomic E-state index is -1.24. The molecule has 2 N–H and O–H groups in total. The Morgan fingerprint density at radius 3 is 2.38 bits per heavy atom. The number of hydrogen-bond acceptors (Lipinski definition) is 4. The minimum absolute atomic E-state index is 0.274. The molecule has 1 aromatic rings. The zero-order valence-electron chi connectivity index (χ0n) is 15.6. The summed E-state index contributed by atoms with van der Waals surface area (Å²) in [5.74, 6) is -0.274. The van der Waals surface area contributed by atoms with Gasteiger partial charge in [-0.05, 0) is 11.0 Å². The van der Waals surface area contributed by atoms with Gasteiger partial charge < -0.3 is 24.8 Å². The van der Waals surface area contributed by atoms with Gasteiger partial charge in [-0.1, -0.05) is 51.1 Å². The molecule has 7 heteroatoms. The number of ether oxygens (including phenoxy) is 2. The Labute approximate surface area is 154 Å². The molecule has 7 nitrogen and oxygen atoms in total. The van der Waals surface area contributed by atoms with Crippen LogP contribution in [0.15, 0.2) is 30.3 Å². The van der Waals surface area contributed by atoms with E-state index >= 15 is 0 Å². The molecule has 1 aromatic carbocycles. The SMILES string of the molecule is CC(C)(C)C(OCc1ccccc1)C(NC(=O)O)C(=O)N1CCOCC1. The van der Waals surface area contributed by atoms with E-state index in [1.807, 2.05) is 51.1 Å². The van der Waals surface area contributed by atoms with Gasteiger partial charge in [0.05, 0.1) is 25.9 Å². The fourth-order valence-electron chi connectivity index (χ4n) is 2.99. The summed E-state index contributed by atoms with van der Waals surface area (Å²) in [6.45, 7) is 7.92. The van der Waals surface area contributed by atoms with Gasteiger partial charge in [0.2, 0.25) is 5.91 Å². The van der Waals surface area contributed by atoms with Gasteiger partial charge >= 0.3 is 6.09 Å². The van der Waals surface area contributed by atoms with Crippen LogP contribution in [0.4, 0.5) is 4.79 Å². The molecule has 1 aliphatic rings. The topological polar surface area (TPSA) is 88.1 Å². The molecule has 0 spiro atoms. The predicted octanol–water partition coefficient (Wildman–Crippen LogP) is 2.11. The molecule has 0 aromatic heterocycles. The number of carboxylic acid groups (broad SMARTS) is 1. The summed E-state index contributed by atoms with van der Waals surface area (Å²) >= 11 is 0. The lowest BCUT2D eigenvalue weighted by Crippen LogP contribution is -2.59. The van der Waals surface area contributed by atoms with Gasteiger partial charge in [-0.2, -0.15) is 0 Å². The second-order valence-electron chi connectivity index (χ2n) is 7.45. The third-order valence-electron chi connectivity index (χ3n) is 4.30.